The van der Waals surface area contributed by atoms with E-state index >= 15 is 0 Å². The first-order valence-electron chi connectivity index (χ1n) is 7.59. The SMILES string of the molecule is CCOC(=O)c1cn(C2CC2)c2c(C)c(N=[N+]=[N-])c(F)cc2c1=O. The van der Waals surface area contributed by atoms with Crippen LogP contribution in [0, 0.1) is 12.7 Å². The molecule has 0 aliphatic heterocycles. The van der Waals surface area contributed by atoms with E-state index < -0.39 is 17.2 Å². The summed E-state index contributed by atoms with van der Waals surface area (Å²) >= 11 is 0. The smallest absolute Gasteiger partial charge is 0.343 e. The molecule has 0 radical (unpaired) electrons. The molecule has 1 fully saturated rings. The molecule has 24 heavy (non-hydrogen) atoms. The summed E-state index contributed by atoms with van der Waals surface area (Å²) in [5.41, 5.74) is 8.64. The molecule has 0 unspecified atom stereocenters. The van der Waals surface area contributed by atoms with Crippen molar-refractivity contribution in [2.24, 2.45) is 5.11 Å². The van der Waals surface area contributed by atoms with Gasteiger partial charge in [-0.25, -0.2) is 9.18 Å². The summed E-state index contributed by atoms with van der Waals surface area (Å²) in [6.45, 7) is 3.38. The molecule has 0 atom stereocenters. The Morgan fingerprint density at radius 2 is 2.25 bits per heavy atom. The summed E-state index contributed by atoms with van der Waals surface area (Å²) in [7, 11) is 0. The highest BCUT2D eigenvalue weighted by Gasteiger charge is 2.28. The van der Waals surface area contributed by atoms with Gasteiger partial charge < -0.3 is 9.30 Å². The maximum Gasteiger partial charge on any atom is 0.343 e. The lowest BCUT2D eigenvalue weighted by Gasteiger charge is -2.16. The zero-order valence-electron chi connectivity index (χ0n) is 13.2. The van der Waals surface area contributed by atoms with Gasteiger partial charge in [-0.05, 0) is 43.9 Å². The van der Waals surface area contributed by atoms with Crippen LogP contribution in [0.2, 0.25) is 0 Å². The number of azide groups is 1. The normalized spacial score (nSPS) is 13.6. The van der Waals surface area contributed by atoms with Crippen molar-refractivity contribution in [3.63, 3.8) is 0 Å². The maximum absolute atomic E-state index is 14.2. The molecule has 1 aromatic heterocycles. The average molecular weight is 330 g/mol. The molecule has 2 aromatic rings. The lowest BCUT2D eigenvalue weighted by atomic mass is 10.0. The first-order chi connectivity index (χ1) is 11.5. The fourth-order valence-electron chi connectivity index (χ4n) is 2.83. The van der Waals surface area contributed by atoms with Gasteiger partial charge in [0.15, 0.2) is 0 Å². The Kier molecular flexibility index (Phi) is 3.99. The van der Waals surface area contributed by atoms with Crippen LogP contribution >= 0.6 is 0 Å². The van der Waals surface area contributed by atoms with Gasteiger partial charge in [0.25, 0.3) is 0 Å². The predicted octanol–water partition coefficient (Wildman–Crippen LogP) is 3.90. The molecule has 0 amide bonds. The van der Waals surface area contributed by atoms with Gasteiger partial charge in [-0.1, -0.05) is 5.11 Å². The number of benzene rings is 1. The van der Waals surface area contributed by atoms with Crippen molar-refractivity contribution < 1.29 is 13.9 Å². The van der Waals surface area contributed by atoms with E-state index in [1.54, 1.807) is 18.4 Å². The number of aromatic nitrogens is 1. The zero-order valence-corrected chi connectivity index (χ0v) is 13.2. The second-order valence-corrected chi connectivity index (χ2v) is 5.65. The Morgan fingerprint density at radius 3 is 2.83 bits per heavy atom. The lowest BCUT2D eigenvalue weighted by Crippen LogP contribution is -2.21. The van der Waals surface area contributed by atoms with Crippen molar-refractivity contribution in [1.82, 2.24) is 4.57 Å². The van der Waals surface area contributed by atoms with Crippen molar-refractivity contribution >= 4 is 22.6 Å². The molecule has 0 bridgehead atoms. The average Bonchev–Trinajstić information content (AvgIpc) is 3.37. The van der Waals surface area contributed by atoms with E-state index in [9.17, 15) is 14.0 Å². The van der Waals surface area contributed by atoms with Gasteiger partial charge >= 0.3 is 5.97 Å². The number of nitrogens with zero attached hydrogens (tertiary/aromatic N) is 4. The van der Waals surface area contributed by atoms with Crippen molar-refractivity contribution in [3.8, 4) is 0 Å². The van der Waals surface area contributed by atoms with Crippen LogP contribution in [0.3, 0.4) is 0 Å². The third kappa shape index (κ3) is 2.51. The van der Waals surface area contributed by atoms with Crippen LogP contribution in [0.15, 0.2) is 22.2 Å². The Morgan fingerprint density at radius 1 is 1.54 bits per heavy atom. The van der Waals surface area contributed by atoms with Crippen LogP contribution in [0.4, 0.5) is 10.1 Å². The van der Waals surface area contributed by atoms with Gasteiger partial charge in [0.1, 0.15) is 11.4 Å². The topological polar surface area (TPSA) is 97.1 Å². The maximum atomic E-state index is 14.2. The molecule has 124 valence electrons. The minimum atomic E-state index is -0.793. The molecule has 7 nitrogen and oxygen atoms in total. The fourth-order valence-corrected chi connectivity index (χ4v) is 2.83. The lowest BCUT2D eigenvalue weighted by molar-refractivity contribution is 0.0524. The Hall–Kier alpha value is -2.86. The summed E-state index contributed by atoms with van der Waals surface area (Å²) in [6.07, 6.45) is 3.26. The zero-order chi connectivity index (χ0) is 17.4. The molecule has 1 aromatic carbocycles. The molecular formula is C16H15FN4O3. The van der Waals surface area contributed by atoms with E-state index in [2.05, 4.69) is 10.0 Å². The van der Waals surface area contributed by atoms with Gasteiger partial charge in [0, 0.05) is 22.5 Å². The minimum Gasteiger partial charge on any atom is -0.462 e. The number of carbonyl (C=O) groups excluding carboxylic acids is 1. The summed E-state index contributed by atoms with van der Waals surface area (Å²) in [6, 6.07) is 1.15. The molecular weight excluding hydrogens is 315 g/mol. The van der Waals surface area contributed by atoms with Gasteiger partial charge in [0.05, 0.1) is 17.8 Å². The highest BCUT2D eigenvalue weighted by molar-refractivity contribution is 5.95. The van der Waals surface area contributed by atoms with E-state index in [0.29, 0.717) is 11.1 Å². The van der Waals surface area contributed by atoms with Crippen LogP contribution in [0.25, 0.3) is 21.3 Å². The molecule has 1 saturated carbocycles. The highest BCUT2D eigenvalue weighted by atomic mass is 19.1. The van der Waals surface area contributed by atoms with E-state index in [-0.39, 0.29) is 29.3 Å². The predicted molar refractivity (Wildman–Crippen MR) is 85.9 cm³/mol. The van der Waals surface area contributed by atoms with E-state index in [1.807, 2.05) is 0 Å². The number of aryl methyl sites for hydroxylation is 1. The Balaban J connectivity index is 2.41. The number of rotatable bonds is 4. The third-order valence-electron chi connectivity index (χ3n) is 4.06. The van der Waals surface area contributed by atoms with Crippen LogP contribution in [0.1, 0.15) is 41.7 Å². The Bertz CT molecular complexity index is 956. The second-order valence-electron chi connectivity index (χ2n) is 5.65. The molecule has 8 heteroatoms. The molecule has 1 aliphatic carbocycles. The number of ether oxygens (including phenoxy) is 1. The van der Waals surface area contributed by atoms with Crippen LogP contribution in [-0.4, -0.2) is 17.1 Å². The van der Waals surface area contributed by atoms with E-state index in [0.717, 1.165) is 18.9 Å². The summed E-state index contributed by atoms with van der Waals surface area (Å²) < 4.78 is 21.0. The summed E-state index contributed by atoms with van der Waals surface area (Å²) in [4.78, 5) is 27.3. The molecule has 0 saturated heterocycles. The van der Waals surface area contributed by atoms with Crippen LogP contribution in [-0.2, 0) is 4.74 Å². The fraction of sp³-hybridized carbons (Fsp3) is 0.375. The molecule has 0 N–H and O–H groups in total. The number of hydrogen-bond acceptors (Lipinski definition) is 4. The quantitative estimate of drug-likeness (QED) is 0.368. The Labute approximate surface area is 136 Å². The monoisotopic (exact) mass is 330 g/mol. The molecule has 1 aliphatic rings. The second kappa shape index (κ2) is 5.98. The standard InChI is InChI=1S/C16H15FN4O3/c1-3-24-16(23)11-7-21(9-4-5-9)14-8(2)13(19-20-18)12(17)6-10(14)15(11)22/h6-7,9H,3-5H2,1-2H3. The summed E-state index contributed by atoms with van der Waals surface area (Å²) in [5.74, 6) is -1.52. The minimum absolute atomic E-state index is 0.0827. The largest absolute Gasteiger partial charge is 0.462 e. The van der Waals surface area contributed by atoms with Crippen molar-refractivity contribution in [1.29, 1.82) is 0 Å². The van der Waals surface area contributed by atoms with Crippen molar-refractivity contribution in [2.45, 2.75) is 32.7 Å². The van der Waals surface area contributed by atoms with Crippen LogP contribution in [0.5, 0.6) is 0 Å². The number of esters is 1. The number of fused-ring (bicyclic) bond motifs is 1. The highest BCUT2D eigenvalue weighted by Crippen LogP contribution is 2.39. The number of halogens is 1. The van der Waals surface area contributed by atoms with Crippen LogP contribution < -0.4 is 5.43 Å². The first-order valence-corrected chi connectivity index (χ1v) is 7.59. The van der Waals surface area contributed by atoms with Gasteiger partial charge in [-0.3, -0.25) is 4.79 Å². The molecule has 3 rings (SSSR count). The molecule has 0 spiro atoms. The number of carbonyl (C=O) groups is 1. The molecule has 1 heterocycles. The van der Waals surface area contributed by atoms with Gasteiger partial charge in [0.2, 0.25) is 5.43 Å². The van der Waals surface area contributed by atoms with Crippen molar-refractivity contribution in [3.05, 3.63) is 49.9 Å². The van der Waals surface area contributed by atoms with E-state index in [1.165, 1.54) is 6.20 Å². The van der Waals surface area contributed by atoms with Gasteiger partial charge in [-0.15, -0.1) is 0 Å². The van der Waals surface area contributed by atoms with E-state index in [4.69, 9.17) is 10.3 Å². The first kappa shape index (κ1) is 16.0. The van der Waals surface area contributed by atoms with Crippen molar-refractivity contribution in [2.75, 3.05) is 6.61 Å². The third-order valence-corrected chi connectivity index (χ3v) is 4.06. The van der Waals surface area contributed by atoms with Gasteiger partial charge in [-0.2, -0.15) is 0 Å². The summed E-state index contributed by atoms with van der Waals surface area (Å²) in [5, 5.41) is 3.47. The number of pyridine rings is 1. The number of hydrogen-bond donors (Lipinski definition) is 0.